The van der Waals surface area contributed by atoms with Crippen LogP contribution in [0.25, 0.3) is 67.3 Å². The van der Waals surface area contributed by atoms with Gasteiger partial charge in [-0.2, -0.15) is 0 Å². The summed E-state index contributed by atoms with van der Waals surface area (Å²) in [5, 5.41) is 0. The van der Waals surface area contributed by atoms with Crippen molar-refractivity contribution in [1.29, 1.82) is 0 Å². The minimum atomic E-state index is -0.433. The van der Waals surface area contributed by atoms with Gasteiger partial charge in [-0.1, -0.05) is 170 Å². The van der Waals surface area contributed by atoms with E-state index in [-0.39, 0.29) is 0 Å². The van der Waals surface area contributed by atoms with Gasteiger partial charge in [0, 0.05) is 16.7 Å². The fourth-order valence-corrected chi connectivity index (χ4v) is 8.23. The van der Waals surface area contributed by atoms with Gasteiger partial charge >= 0.3 is 0 Å². The second-order valence-corrected chi connectivity index (χ2v) is 12.8. The summed E-state index contributed by atoms with van der Waals surface area (Å²) in [6, 6.07) is 62.3. The van der Waals surface area contributed by atoms with Gasteiger partial charge in [0.15, 0.2) is 5.82 Å². The molecule has 0 atom stereocenters. The molecule has 0 fully saturated rings. The molecule has 1 spiro atoms. The lowest BCUT2D eigenvalue weighted by Gasteiger charge is -2.30. The third-order valence-electron chi connectivity index (χ3n) is 10.2. The van der Waals surface area contributed by atoms with Crippen LogP contribution < -0.4 is 0 Å². The standard InChI is InChI=1S/C47H30N2/c1-3-15-31(16-4-1)33-19-13-20-34(29-33)46-48-43(32-17-5-2-6-18-32)30-44(49-46)38-24-14-28-42-45(38)37-23-9-12-27-41(37)47(42)39-25-10-7-21-35(39)36-22-8-11-26-40(36)47/h1-30H/i13D. The average Bonchev–Trinajstić information content (AvgIpc) is 3.66. The van der Waals surface area contributed by atoms with Crippen molar-refractivity contribution >= 4 is 0 Å². The predicted octanol–water partition coefficient (Wildman–Crippen LogP) is 11.5. The van der Waals surface area contributed by atoms with Gasteiger partial charge in [0.25, 0.3) is 0 Å². The molecule has 49 heavy (non-hydrogen) atoms. The molecule has 0 saturated carbocycles. The number of nitrogens with zero attached hydrogens (tertiary/aromatic N) is 2. The van der Waals surface area contributed by atoms with E-state index in [1.165, 1.54) is 44.5 Å². The van der Waals surface area contributed by atoms with Gasteiger partial charge in [-0.25, -0.2) is 9.97 Å². The lowest BCUT2D eigenvalue weighted by molar-refractivity contribution is 0.794. The summed E-state index contributed by atoms with van der Waals surface area (Å²) in [5.74, 6) is 0.600. The summed E-state index contributed by atoms with van der Waals surface area (Å²) in [4.78, 5) is 10.5. The van der Waals surface area contributed by atoms with Crippen molar-refractivity contribution < 1.29 is 1.37 Å². The van der Waals surface area contributed by atoms with E-state index in [9.17, 15) is 0 Å². The van der Waals surface area contributed by atoms with E-state index in [1.54, 1.807) is 0 Å². The molecule has 0 saturated heterocycles. The van der Waals surface area contributed by atoms with Gasteiger partial charge in [0.1, 0.15) is 0 Å². The summed E-state index contributed by atoms with van der Waals surface area (Å²) < 4.78 is 8.75. The normalized spacial score (nSPS) is 13.3. The highest BCUT2D eigenvalue weighted by Crippen LogP contribution is 2.63. The van der Waals surface area contributed by atoms with Crippen LogP contribution in [0.4, 0.5) is 0 Å². The van der Waals surface area contributed by atoms with Crippen LogP contribution in [-0.4, -0.2) is 9.97 Å². The van der Waals surface area contributed by atoms with E-state index in [4.69, 9.17) is 11.3 Å². The van der Waals surface area contributed by atoms with Crippen molar-refractivity contribution in [3.8, 4) is 67.3 Å². The lowest BCUT2D eigenvalue weighted by Crippen LogP contribution is -2.25. The summed E-state index contributed by atoms with van der Waals surface area (Å²) in [6.07, 6.45) is 0. The zero-order chi connectivity index (χ0) is 33.2. The van der Waals surface area contributed by atoms with Crippen LogP contribution in [0, 0.1) is 0 Å². The Kier molecular flexibility index (Phi) is 5.89. The second-order valence-electron chi connectivity index (χ2n) is 12.8. The third-order valence-corrected chi connectivity index (χ3v) is 10.2. The first-order valence-electron chi connectivity index (χ1n) is 17.3. The van der Waals surface area contributed by atoms with Crippen LogP contribution in [0.1, 0.15) is 23.6 Å². The summed E-state index contributed by atoms with van der Waals surface area (Å²) >= 11 is 0. The highest BCUT2D eigenvalue weighted by Gasteiger charge is 2.52. The van der Waals surface area contributed by atoms with Crippen molar-refractivity contribution in [2.24, 2.45) is 0 Å². The molecule has 2 heteroatoms. The zero-order valence-electron chi connectivity index (χ0n) is 27.6. The van der Waals surface area contributed by atoms with E-state index in [2.05, 4.69) is 127 Å². The summed E-state index contributed by atoms with van der Waals surface area (Å²) in [5.41, 5.74) is 16.4. The SMILES string of the molecule is [2H]c1cc(-c2ccccc2)cc(-c2nc(-c3ccccc3)cc(-c3cccc4c3-c3ccccc3C43c4ccccc4-c4ccccc43)n2)c1. The monoisotopic (exact) mass is 623 g/mol. The minimum Gasteiger partial charge on any atom is -0.228 e. The average molecular weight is 624 g/mol. The van der Waals surface area contributed by atoms with E-state index in [0.29, 0.717) is 11.9 Å². The van der Waals surface area contributed by atoms with Gasteiger partial charge in [-0.05, 0) is 67.8 Å². The van der Waals surface area contributed by atoms with E-state index >= 15 is 0 Å². The molecule has 0 unspecified atom stereocenters. The molecule has 228 valence electrons. The Bertz CT molecular complexity index is 2560. The Morgan fingerprint density at radius 2 is 0.878 bits per heavy atom. The van der Waals surface area contributed by atoms with Crippen LogP contribution in [0.5, 0.6) is 0 Å². The maximum Gasteiger partial charge on any atom is 0.160 e. The molecule has 0 N–H and O–H groups in total. The maximum absolute atomic E-state index is 8.75. The van der Waals surface area contributed by atoms with Crippen LogP contribution in [-0.2, 0) is 5.41 Å². The molecule has 2 aliphatic rings. The maximum atomic E-state index is 8.75. The minimum absolute atomic E-state index is 0.423. The Balaban J connectivity index is 1.25. The van der Waals surface area contributed by atoms with Crippen molar-refractivity contribution in [3.05, 3.63) is 204 Å². The summed E-state index contributed by atoms with van der Waals surface area (Å²) in [6.45, 7) is 0. The first kappa shape index (κ1) is 26.7. The Morgan fingerprint density at radius 3 is 1.57 bits per heavy atom. The van der Waals surface area contributed by atoms with Crippen LogP contribution >= 0.6 is 0 Å². The number of hydrogen-bond donors (Lipinski definition) is 0. The zero-order valence-corrected chi connectivity index (χ0v) is 26.6. The molecule has 0 bridgehead atoms. The predicted molar refractivity (Wildman–Crippen MR) is 200 cm³/mol. The van der Waals surface area contributed by atoms with Gasteiger partial charge in [0.2, 0.25) is 0 Å². The molecule has 0 amide bonds. The van der Waals surface area contributed by atoms with Crippen LogP contribution in [0.3, 0.4) is 0 Å². The molecule has 2 aliphatic carbocycles. The smallest absolute Gasteiger partial charge is 0.160 e. The van der Waals surface area contributed by atoms with E-state index < -0.39 is 5.41 Å². The molecule has 7 aromatic carbocycles. The summed E-state index contributed by atoms with van der Waals surface area (Å²) in [7, 11) is 0. The quantitative estimate of drug-likeness (QED) is 0.195. The van der Waals surface area contributed by atoms with Crippen molar-refractivity contribution in [3.63, 3.8) is 0 Å². The molecule has 2 nitrogen and oxygen atoms in total. The second kappa shape index (κ2) is 10.8. The largest absolute Gasteiger partial charge is 0.228 e. The number of aromatic nitrogens is 2. The van der Waals surface area contributed by atoms with Gasteiger partial charge in [0.05, 0.1) is 18.2 Å². The van der Waals surface area contributed by atoms with Crippen molar-refractivity contribution in [2.75, 3.05) is 0 Å². The third kappa shape index (κ3) is 4.07. The molecule has 8 aromatic rings. The fraction of sp³-hybridized carbons (Fsp3) is 0.0213. The first-order valence-corrected chi connectivity index (χ1v) is 16.8. The number of rotatable bonds is 4. The molecule has 0 radical (unpaired) electrons. The number of hydrogen-bond acceptors (Lipinski definition) is 2. The molecular weight excluding hydrogens is 593 g/mol. The van der Waals surface area contributed by atoms with Crippen molar-refractivity contribution in [1.82, 2.24) is 9.97 Å². The molecular formula is C47H30N2. The number of benzene rings is 7. The highest BCUT2D eigenvalue weighted by atomic mass is 14.9. The van der Waals surface area contributed by atoms with Crippen molar-refractivity contribution in [2.45, 2.75) is 5.41 Å². The van der Waals surface area contributed by atoms with Crippen LogP contribution in [0.2, 0.25) is 0 Å². The topological polar surface area (TPSA) is 25.8 Å². The lowest BCUT2D eigenvalue weighted by atomic mass is 9.70. The fourth-order valence-electron chi connectivity index (χ4n) is 8.23. The van der Waals surface area contributed by atoms with E-state index in [1.807, 2.05) is 48.5 Å². The van der Waals surface area contributed by atoms with Crippen LogP contribution in [0.15, 0.2) is 182 Å². The van der Waals surface area contributed by atoms with Gasteiger partial charge < -0.3 is 0 Å². The number of fused-ring (bicyclic) bond motifs is 10. The van der Waals surface area contributed by atoms with E-state index in [0.717, 1.165) is 39.2 Å². The molecule has 1 heterocycles. The molecule has 0 aliphatic heterocycles. The highest BCUT2D eigenvalue weighted by molar-refractivity contribution is 5.99. The Hall–Kier alpha value is -6.38. The van der Waals surface area contributed by atoms with Gasteiger partial charge in [-0.15, -0.1) is 0 Å². The Morgan fingerprint density at radius 1 is 0.367 bits per heavy atom. The molecule has 10 rings (SSSR count). The molecule has 1 aromatic heterocycles. The van der Waals surface area contributed by atoms with Gasteiger partial charge in [-0.3, -0.25) is 0 Å². The first-order chi connectivity index (χ1) is 24.7. The Labute approximate surface area is 287 Å².